The van der Waals surface area contributed by atoms with E-state index in [9.17, 15) is 9.59 Å². The minimum Gasteiger partial charge on any atom is -0.496 e. The van der Waals surface area contributed by atoms with Gasteiger partial charge in [0, 0.05) is 30.8 Å². The van der Waals surface area contributed by atoms with E-state index in [0.717, 1.165) is 16.6 Å². The Morgan fingerprint density at radius 2 is 2.00 bits per heavy atom. The number of carbonyl (C=O) groups is 1. The van der Waals surface area contributed by atoms with Gasteiger partial charge in [-0.2, -0.15) is 0 Å². The molecule has 0 amide bonds. The lowest BCUT2D eigenvalue weighted by atomic mass is 9.96. The third-order valence-electron chi connectivity index (χ3n) is 4.60. The zero-order valence-electron chi connectivity index (χ0n) is 13.5. The van der Waals surface area contributed by atoms with Crippen molar-refractivity contribution >= 4 is 27.8 Å². The fourth-order valence-electron chi connectivity index (χ4n) is 3.64. The van der Waals surface area contributed by atoms with E-state index in [-0.39, 0.29) is 17.5 Å². The van der Waals surface area contributed by atoms with Gasteiger partial charge in [0.2, 0.25) is 5.43 Å². The predicted octanol–water partition coefficient (Wildman–Crippen LogP) is 3.17. The minimum absolute atomic E-state index is 0.0565. The maximum Gasteiger partial charge on any atom is 0.303 e. The molecule has 0 saturated carbocycles. The van der Waals surface area contributed by atoms with Crippen LogP contribution in [0.1, 0.15) is 25.0 Å². The monoisotopic (exact) mass is 323 g/mol. The fraction of sp³-hybridized carbons (Fsp3) is 0.263. The van der Waals surface area contributed by atoms with E-state index in [1.165, 1.54) is 6.92 Å². The first-order valence-electron chi connectivity index (χ1n) is 7.91. The predicted molar refractivity (Wildman–Crippen MR) is 91.4 cm³/mol. The van der Waals surface area contributed by atoms with Crippen LogP contribution in [0.5, 0.6) is 5.75 Å². The highest BCUT2D eigenvalue weighted by molar-refractivity contribution is 5.98. The van der Waals surface area contributed by atoms with Crippen molar-refractivity contribution in [1.29, 1.82) is 0 Å². The van der Waals surface area contributed by atoms with Crippen LogP contribution in [0.2, 0.25) is 0 Å². The number of aromatic nitrogens is 1. The molecule has 0 N–H and O–H groups in total. The Hall–Kier alpha value is -2.82. The molecule has 5 heteroatoms. The van der Waals surface area contributed by atoms with E-state index < -0.39 is 0 Å². The molecule has 0 saturated heterocycles. The summed E-state index contributed by atoms with van der Waals surface area (Å²) in [5.41, 5.74) is 2.50. The molecule has 122 valence electrons. The van der Waals surface area contributed by atoms with Gasteiger partial charge in [-0.25, -0.2) is 0 Å². The largest absolute Gasteiger partial charge is 0.496 e. The minimum atomic E-state index is -0.337. The average Bonchev–Trinajstić information content (AvgIpc) is 2.59. The molecule has 3 aromatic rings. The number of benzene rings is 2. The summed E-state index contributed by atoms with van der Waals surface area (Å²) in [6.45, 7) is 2.08. The molecule has 0 fully saturated rings. The van der Waals surface area contributed by atoms with Crippen LogP contribution in [0.3, 0.4) is 0 Å². The van der Waals surface area contributed by atoms with Crippen LogP contribution < -0.4 is 10.2 Å². The first-order chi connectivity index (χ1) is 11.6. The number of para-hydroxylation sites is 1. The maximum absolute atomic E-state index is 13.0. The second-order valence-electron chi connectivity index (χ2n) is 5.97. The van der Waals surface area contributed by atoms with Crippen LogP contribution in [0, 0.1) is 0 Å². The number of hydrogen-bond acceptors (Lipinski definition) is 4. The molecule has 0 radical (unpaired) electrons. The highest BCUT2D eigenvalue weighted by Crippen LogP contribution is 2.38. The molecule has 1 aliphatic rings. The van der Waals surface area contributed by atoms with Crippen LogP contribution in [-0.4, -0.2) is 17.6 Å². The van der Waals surface area contributed by atoms with Gasteiger partial charge >= 0.3 is 5.97 Å². The molecule has 0 unspecified atom stereocenters. The van der Waals surface area contributed by atoms with Gasteiger partial charge in [-0.05, 0) is 24.3 Å². The number of methoxy groups -OCH3 is 1. The van der Waals surface area contributed by atoms with Gasteiger partial charge in [0.1, 0.15) is 11.9 Å². The summed E-state index contributed by atoms with van der Waals surface area (Å²) in [6.07, 6.45) is 0.345. The van der Waals surface area contributed by atoms with E-state index >= 15 is 0 Å². The van der Waals surface area contributed by atoms with Gasteiger partial charge in [0.25, 0.3) is 0 Å². The van der Waals surface area contributed by atoms with E-state index in [1.54, 1.807) is 13.2 Å². The number of nitrogens with zero attached hydrogens (tertiary/aromatic N) is 1. The lowest BCUT2D eigenvalue weighted by Gasteiger charge is -2.28. The lowest BCUT2D eigenvalue weighted by molar-refractivity contribution is -0.147. The number of rotatable bonds is 2. The number of hydrogen-bond donors (Lipinski definition) is 0. The summed E-state index contributed by atoms with van der Waals surface area (Å²) < 4.78 is 13.0. The Bertz CT molecular complexity index is 1030. The number of fused-ring (bicyclic) bond motifs is 2. The summed E-state index contributed by atoms with van der Waals surface area (Å²) in [7, 11) is 1.56. The van der Waals surface area contributed by atoms with Crippen LogP contribution in [0.15, 0.2) is 41.2 Å². The zero-order chi connectivity index (χ0) is 16.8. The molecule has 2 aromatic carbocycles. The van der Waals surface area contributed by atoms with Crippen LogP contribution in [-0.2, 0) is 16.1 Å². The number of ether oxygens (including phenoxy) is 2. The fourth-order valence-corrected chi connectivity index (χ4v) is 3.64. The topological polar surface area (TPSA) is 57.5 Å². The number of aryl methyl sites for hydroxylation is 1. The third-order valence-corrected chi connectivity index (χ3v) is 4.60. The molecule has 0 bridgehead atoms. The Labute approximate surface area is 138 Å². The molecular weight excluding hydrogens is 306 g/mol. The van der Waals surface area contributed by atoms with Crippen molar-refractivity contribution in [3.63, 3.8) is 0 Å². The van der Waals surface area contributed by atoms with Gasteiger partial charge in [0.15, 0.2) is 0 Å². The highest BCUT2D eigenvalue weighted by atomic mass is 16.5. The van der Waals surface area contributed by atoms with Crippen molar-refractivity contribution in [2.45, 2.75) is 26.0 Å². The smallest absolute Gasteiger partial charge is 0.303 e. The highest BCUT2D eigenvalue weighted by Gasteiger charge is 2.27. The quantitative estimate of drug-likeness (QED) is 0.537. The van der Waals surface area contributed by atoms with Crippen molar-refractivity contribution in [2.24, 2.45) is 0 Å². The normalized spacial score (nSPS) is 16.3. The summed E-state index contributed by atoms with van der Waals surface area (Å²) >= 11 is 0. The van der Waals surface area contributed by atoms with Crippen LogP contribution in [0.25, 0.3) is 21.8 Å². The summed E-state index contributed by atoms with van der Waals surface area (Å²) in [6, 6.07) is 11.2. The van der Waals surface area contributed by atoms with Gasteiger partial charge in [-0.1, -0.05) is 12.1 Å². The second-order valence-corrected chi connectivity index (χ2v) is 5.97. The maximum atomic E-state index is 13.0. The standard InChI is InChI=1S/C19H17NO4/c1-11(21)24-15-9-10-20-14-6-4-3-5-12(14)19(22)17-16(23-2)8-7-13(15)18(17)20/h3-8,15H,9-10H2,1-2H3/t15-/m0/s1. The Morgan fingerprint density at radius 3 is 2.75 bits per heavy atom. The van der Waals surface area contributed by atoms with E-state index in [4.69, 9.17) is 9.47 Å². The Balaban J connectivity index is 2.17. The van der Waals surface area contributed by atoms with E-state index in [0.29, 0.717) is 29.5 Å². The molecule has 24 heavy (non-hydrogen) atoms. The molecule has 2 heterocycles. The average molecular weight is 323 g/mol. The molecule has 5 nitrogen and oxygen atoms in total. The van der Waals surface area contributed by atoms with Crippen molar-refractivity contribution in [2.75, 3.05) is 7.11 Å². The summed E-state index contributed by atoms with van der Waals surface area (Å²) in [4.78, 5) is 24.5. The molecule has 0 aliphatic carbocycles. The van der Waals surface area contributed by atoms with Crippen molar-refractivity contribution in [3.05, 3.63) is 52.2 Å². The molecule has 1 aliphatic heterocycles. The van der Waals surface area contributed by atoms with Crippen LogP contribution in [0.4, 0.5) is 0 Å². The van der Waals surface area contributed by atoms with Gasteiger partial charge in [-0.3, -0.25) is 9.59 Å². The number of esters is 1. The van der Waals surface area contributed by atoms with Gasteiger partial charge in [0.05, 0.1) is 23.5 Å². The summed E-state index contributed by atoms with van der Waals surface area (Å²) in [5.74, 6) is 0.224. The van der Waals surface area contributed by atoms with Crippen molar-refractivity contribution < 1.29 is 14.3 Å². The lowest BCUT2D eigenvalue weighted by Crippen LogP contribution is -2.22. The Morgan fingerprint density at radius 1 is 1.21 bits per heavy atom. The molecule has 4 rings (SSSR count). The number of carbonyl (C=O) groups excluding carboxylic acids is 1. The van der Waals surface area contributed by atoms with E-state index in [2.05, 4.69) is 4.57 Å². The van der Waals surface area contributed by atoms with Crippen molar-refractivity contribution in [1.82, 2.24) is 4.57 Å². The zero-order valence-corrected chi connectivity index (χ0v) is 13.5. The first kappa shape index (κ1) is 14.8. The van der Waals surface area contributed by atoms with Gasteiger partial charge in [-0.15, -0.1) is 0 Å². The first-order valence-corrected chi connectivity index (χ1v) is 7.91. The Kier molecular flexibility index (Phi) is 3.30. The third kappa shape index (κ3) is 2.01. The molecule has 1 atom stereocenters. The molecule has 0 spiro atoms. The number of pyridine rings is 1. The SMILES string of the molecule is COc1ccc2c3c1c(=O)c1ccccc1n3CC[C@@H]2OC(C)=O. The van der Waals surface area contributed by atoms with Crippen LogP contribution >= 0.6 is 0 Å². The summed E-state index contributed by atoms with van der Waals surface area (Å²) in [5, 5.41) is 1.22. The molecule has 1 aromatic heterocycles. The second kappa shape index (κ2) is 5.37. The van der Waals surface area contributed by atoms with Crippen molar-refractivity contribution in [3.8, 4) is 5.75 Å². The van der Waals surface area contributed by atoms with Gasteiger partial charge < -0.3 is 14.0 Å². The van der Waals surface area contributed by atoms with E-state index in [1.807, 2.05) is 30.3 Å². The molecular formula is C19H17NO4.